The monoisotopic (exact) mass is 339 g/mol. The molecule has 1 saturated heterocycles. The Kier molecular flexibility index (Phi) is 4.34. The molecule has 2 aliphatic rings. The van der Waals surface area contributed by atoms with Crippen LogP contribution in [0, 0.1) is 5.41 Å². The van der Waals surface area contributed by atoms with E-state index in [9.17, 15) is 5.11 Å². The van der Waals surface area contributed by atoms with Crippen LogP contribution in [-0.4, -0.2) is 42.4 Å². The zero-order valence-electron chi connectivity index (χ0n) is 11.7. The lowest BCUT2D eigenvalue weighted by Crippen LogP contribution is -2.49. The minimum Gasteiger partial charge on any atom is -0.492 e. The van der Waals surface area contributed by atoms with E-state index >= 15 is 0 Å². The van der Waals surface area contributed by atoms with Crippen molar-refractivity contribution < 1.29 is 9.84 Å². The molecule has 1 N–H and O–H groups in total. The molecule has 4 heteroatoms. The van der Waals surface area contributed by atoms with Gasteiger partial charge in [0, 0.05) is 11.0 Å². The molecule has 1 aromatic rings. The van der Waals surface area contributed by atoms with Crippen molar-refractivity contribution in [1.29, 1.82) is 0 Å². The fourth-order valence-corrected chi connectivity index (χ4v) is 3.69. The predicted octanol–water partition coefficient (Wildman–Crippen LogP) is 3.06. The van der Waals surface area contributed by atoms with Crippen molar-refractivity contribution in [2.75, 3.05) is 26.2 Å². The predicted molar refractivity (Wildman–Crippen MR) is 83.0 cm³/mol. The first-order valence-corrected chi connectivity index (χ1v) is 8.23. The van der Waals surface area contributed by atoms with Crippen molar-refractivity contribution >= 4 is 15.9 Å². The smallest absolute Gasteiger partial charge is 0.119 e. The molecular weight excluding hydrogens is 318 g/mol. The van der Waals surface area contributed by atoms with Crippen molar-refractivity contribution in [3.8, 4) is 5.75 Å². The summed E-state index contributed by atoms with van der Waals surface area (Å²) in [5, 5.41) is 9.48. The van der Waals surface area contributed by atoms with Crippen molar-refractivity contribution in [2.24, 2.45) is 5.41 Å². The maximum atomic E-state index is 9.48. The molecule has 1 spiro atoms. The Hall–Kier alpha value is -0.580. The van der Waals surface area contributed by atoms with Crippen LogP contribution in [0.5, 0.6) is 5.75 Å². The number of aliphatic hydroxyl groups is 1. The van der Waals surface area contributed by atoms with E-state index in [1.165, 1.54) is 12.8 Å². The number of piperidine rings is 1. The zero-order valence-corrected chi connectivity index (χ0v) is 13.3. The zero-order chi connectivity index (χ0) is 14.0. The first kappa shape index (κ1) is 14.4. The van der Waals surface area contributed by atoms with Crippen LogP contribution in [0.15, 0.2) is 28.7 Å². The van der Waals surface area contributed by atoms with Gasteiger partial charge in [0.05, 0.1) is 6.10 Å². The molecule has 3 nitrogen and oxygen atoms in total. The van der Waals surface area contributed by atoms with E-state index in [0.717, 1.165) is 49.3 Å². The second kappa shape index (κ2) is 6.04. The molecule has 0 amide bonds. The summed E-state index contributed by atoms with van der Waals surface area (Å²) in [6.07, 6.45) is 4.50. The van der Waals surface area contributed by atoms with E-state index in [-0.39, 0.29) is 6.10 Å². The van der Waals surface area contributed by atoms with Gasteiger partial charge in [-0.3, -0.25) is 4.90 Å². The Morgan fingerprint density at radius 2 is 1.85 bits per heavy atom. The summed E-state index contributed by atoms with van der Waals surface area (Å²) in [6.45, 7) is 4.04. The largest absolute Gasteiger partial charge is 0.492 e. The highest BCUT2D eigenvalue weighted by atomic mass is 79.9. The van der Waals surface area contributed by atoms with Gasteiger partial charge in [-0.15, -0.1) is 0 Å². The average molecular weight is 340 g/mol. The number of hydrogen-bond donors (Lipinski definition) is 1. The van der Waals surface area contributed by atoms with E-state index in [4.69, 9.17) is 4.74 Å². The van der Waals surface area contributed by atoms with Crippen molar-refractivity contribution in [2.45, 2.75) is 31.8 Å². The molecule has 0 unspecified atom stereocenters. The molecular formula is C16H22BrNO2. The second-order valence-corrected chi connectivity index (χ2v) is 7.12. The fourth-order valence-electron chi connectivity index (χ4n) is 3.42. The van der Waals surface area contributed by atoms with E-state index in [2.05, 4.69) is 20.8 Å². The van der Waals surface area contributed by atoms with Gasteiger partial charge in [-0.25, -0.2) is 0 Å². The van der Waals surface area contributed by atoms with Gasteiger partial charge in [-0.2, -0.15) is 0 Å². The van der Waals surface area contributed by atoms with E-state index in [1.54, 1.807) is 0 Å². The van der Waals surface area contributed by atoms with Crippen LogP contribution < -0.4 is 4.74 Å². The summed E-state index contributed by atoms with van der Waals surface area (Å²) < 4.78 is 6.85. The third kappa shape index (κ3) is 3.35. The maximum absolute atomic E-state index is 9.48. The van der Waals surface area contributed by atoms with Gasteiger partial charge in [0.1, 0.15) is 12.4 Å². The lowest BCUT2D eigenvalue weighted by Gasteiger charge is -2.50. The number of hydrogen-bond acceptors (Lipinski definition) is 3. The molecule has 1 saturated carbocycles. The summed E-state index contributed by atoms with van der Waals surface area (Å²) in [6, 6.07) is 7.99. The summed E-state index contributed by atoms with van der Waals surface area (Å²) >= 11 is 3.42. The Labute approximate surface area is 129 Å². The number of likely N-dealkylation sites (tertiary alicyclic amines) is 1. The summed E-state index contributed by atoms with van der Waals surface area (Å²) in [5.74, 6) is 0.934. The number of ether oxygens (including phenoxy) is 1. The molecule has 1 heterocycles. The Morgan fingerprint density at radius 1 is 1.20 bits per heavy atom. The van der Waals surface area contributed by atoms with E-state index < -0.39 is 0 Å². The summed E-state index contributed by atoms with van der Waals surface area (Å²) in [5.41, 5.74) is 0.475. The number of aliphatic hydroxyl groups excluding tert-OH is 1. The minimum atomic E-state index is -0.0257. The fraction of sp³-hybridized carbons (Fsp3) is 0.625. The molecule has 1 aromatic carbocycles. The molecule has 3 rings (SSSR count). The molecule has 110 valence electrons. The normalized spacial score (nSPS) is 22.7. The van der Waals surface area contributed by atoms with Gasteiger partial charge in [0.25, 0.3) is 0 Å². The van der Waals surface area contributed by atoms with Crippen LogP contribution in [0.4, 0.5) is 0 Å². The summed E-state index contributed by atoms with van der Waals surface area (Å²) in [4.78, 5) is 2.48. The van der Waals surface area contributed by atoms with Crippen LogP contribution in [0.2, 0.25) is 0 Å². The Morgan fingerprint density at radius 3 is 2.45 bits per heavy atom. The molecule has 0 radical (unpaired) electrons. The molecule has 0 atom stereocenters. The summed E-state index contributed by atoms with van der Waals surface area (Å²) in [7, 11) is 0. The highest BCUT2D eigenvalue weighted by molar-refractivity contribution is 9.10. The lowest BCUT2D eigenvalue weighted by molar-refractivity contribution is -0.0687. The first-order valence-electron chi connectivity index (χ1n) is 7.44. The molecule has 1 aliphatic carbocycles. The number of benzene rings is 1. The third-order valence-electron chi connectivity index (χ3n) is 4.74. The van der Waals surface area contributed by atoms with Crippen molar-refractivity contribution in [1.82, 2.24) is 4.90 Å². The second-order valence-electron chi connectivity index (χ2n) is 6.21. The molecule has 2 fully saturated rings. The molecule has 0 aromatic heterocycles. The Balaban J connectivity index is 1.37. The highest BCUT2D eigenvalue weighted by Crippen LogP contribution is 2.48. The topological polar surface area (TPSA) is 32.7 Å². The van der Waals surface area contributed by atoms with Crippen LogP contribution >= 0.6 is 15.9 Å². The van der Waals surface area contributed by atoms with Gasteiger partial charge >= 0.3 is 0 Å². The number of nitrogens with zero attached hydrogens (tertiary/aromatic N) is 1. The van der Waals surface area contributed by atoms with Gasteiger partial charge < -0.3 is 9.84 Å². The average Bonchev–Trinajstić information content (AvgIpc) is 2.42. The van der Waals surface area contributed by atoms with Crippen molar-refractivity contribution in [3.05, 3.63) is 28.7 Å². The van der Waals surface area contributed by atoms with Crippen LogP contribution in [0.25, 0.3) is 0 Å². The van der Waals surface area contributed by atoms with Crippen molar-refractivity contribution in [3.63, 3.8) is 0 Å². The van der Waals surface area contributed by atoms with Crippen LogP contribution in [0.3, 0.4) is 0 Å². The first-order chi connectivity index (χ1) is 9.65. The van der Waals surface area contributed by atoms with Gasteiger partial charge in [0.15, 0.2) is 0 Å². The van der Waals surface area contributed by atoms with Gasteiger partial charge in [0.2, 0.25) is 0 Å². The van der Waals surface area contributed by atoms with Crippen LogP contribution in [-0.2, 0) is 0 Å². The Bertz CT molecular complexity index is 432. The van der Waals surface area contributed by atoms with E-state index in [1.807, 2.05) is 24.3 Å². The van der Waals surface area contributed by atoms with E-state index in [0.29, 0.717) is 5.41 Å². The minimum absolute atomic E-state index is 0.0257. The molecule has 1 aliphatic heterocycles. The third-order valence-corrected chi connectivity index (χ3v) is 5.27. The van der Waals surface area contributed by atoms with Gasteiger partial charge in [-0.1, -0.05) is 15.9 Å². The lowest BCUT2D eigenvalue weighted by atomic mass is 9.61. The van der Waals surface area contributed by atoms with Crippen LogP contribution in [0.1, 0.15) is 25.7 Å². The maximum Gasteiger partial charge on any atom is 0.119 e. The standard InChI is InChI=1S/C16H22BrNO2/c17-13-1-3-15(4-2-13)20-10-9-18-7-5-16(6-8-18)11-14(19)12-16/h1-4,14,19H,5-12H2. The SMILES string of the molecule is OC1CC2(CCN(CCOc3ccc(Br)cc3)CC2)C1. The highest BCUT2D eigenvalue weighted by Gasteiger charge is 2.44. The molecule has 0 bridgehead atoms. The molecule has 20 heavy (non-hydrogen) atoms. The quantitative estimate of drug-likeness (QED) is 0.914. The van der Waals surface area contributed by atoms with Gasteiger partial charge in [-0.05, 0) is 68.5 Å². The number of halogens is 1. The number of rotatable bonds is 4.